The number of nitrogens with two attached hydrogens (primary N) is 1. The van der Waals surface area contributed by atoms with Crippen LogP contribution in [0.1, 0.15) is 17.5 Å². The van der Waals surface area contributed by atoms with Crippen molar-refractivity contribution in [2.24, 2.45) is 0 Å². The first-order valence-corrected chi connectivity index (χ1v) is 7.04. The van der Waals surface area contributed by atoms with Crippen LogP contribution in [0.5, 0.6) is 0 Å². The molecule has 19 heavy (non-hydrogen) atoms. The number of hydrogen-bond donors (Lipinski definition) is 2. The predicted octanol–water partition coefficient (Wildman–Crippen LogP) is 1.58. The molecule has 0 radical (unpaired) electrons. The summed E-state index contributed by atoms with van der Waals surface area (Å²) in [5.41, 5.74) is 6.57. The number of nitrogen functional groups attached to an aromatic ring is 1. The Kier molecular flexibility index (Phi) is 4.21. The van der Waals surface area contributed by atoms with Crippen LogP contribution in [0.15, 0.2) is 23.6 Å². The number of amides is 1. The van der Waals surface area contributed by atoms with Gasteiger partial charge in [-0.25, -0.2) is 4.68 Å². The summed E-state index contributed by atoms with van der Waals surface area (Å²) in [7, 11) is 0. The Morgan fingerprint density at radius 2 is 2.42 bits per heavy atom. The molecule has 0 bridgehead atoms. The SMILES string of the molecule is Cc1cc(N)n(CC(=O)NC(C)Cc2cccs2)n1. The lowest BCUT2D eigenvalue weighted by Crippen LogP contribution is -2.36. The summed E-state index contributed by atoms with van der Waals surface area (Å²) >= 11 is 1.70. The van der Waals surface area contributed by atoms with Gasteiger partial charge in [0.2, 0.25) is 5.91 Å². The van der Waals surface area contributed by atoms with Gasteiger partial charge in [-0.05, 0) is 25.3 Å². The third-order valence-electron chi connectivity index (χ3n) is 2.72. The van der Waals surface area contributed by atoms with Crippen LogP contribution >= 0.6 is 11.3 Å². The Morgan fingerprint density at radius 3 is 3.00 bits per heavy atom. The van der Waals surface area contributed by atoms with Crippen LogP contribution < -0.4 is 11.1 Å². The zero-order valence-electron chi connectivity index (χ0n) is 11.1. The van der Waals surface area contributed by atoms with E-state index in [-0.39, 0.29) is 18.5 Å². The highest BCUT2D eigenvalue weighted by Crippen LogP contribution is 2.11. The average Bonchev–Trinajstić information content (AvgIpc) is 2.89. The molecule has 2 heterocycles. The summed E-state index contributed by atoms with van der Waals surface area (Å²) in [4.78, 5) is 13.2. The van der Waals surface area contributed by atoms with Gasteiger partial charge < -0.3 is 11.1 Å². The summed E-state index contributed by atoms with van der Waals surface area (Å²) in [6.07, 6.45) is 0.844. The molecule has 0 saturated carbocycles. The number of hydrogen-bond acceptors (Lipinski definition) is 4. The van der Waals surface area contributed by atoms with E-state index in [4.69, 9.17) is 5.73 Å². The number of carbonyl (C=O) groups is 1. The third-order valence-corrected chi connectivity index (χ3v) is 3.62. The van der Waals surface area contributed by atoms with Gasteiger partial charge in [0.05, 0.1) is 5.69 Å². The number of rotatable bonds is 5. The van der Waals surface area contributed by atoms with Crippen LogP contribution in [-0.2, 0) is 17.8 Å². The minimum atomic E-state index is -0.0705. The summed E-state index contributed by atoms with van der Waals surface area (Å²) in [5, 5.41) is 9.16. The van der Waals surface area contributed by atoms with Crippen molar-refractivity contribution in [2.75, 3.05) is 5.73 Å². The zero-order valence-corrected chi connectivity index (χ0v) is 11.9. The summed E-state index contributed by atoms with van der Waals surface area (Å²) in [5.74, 6) is 0.442. The van der Waals surface area contributed by atoms with Crippen molar-refractivity contribution in [2.45, 2.75) is 32.9 Å². The fourth-order valence-corrected chi connectivity index (χ4v) is 2.77. The van der Waals surface area contributed by atoms with Crippen molar-refractivity contribution in [3.63, 3.8) is 0 Å². The highest BCUT2D eigenvalue weighted by atomic mass is 32.1. The van der Waals surface area contributed by atoms with Crippen molar-refractivity contribution < 1.29 is 4.79 Å². The second kappa shape index (κ2) is 5.88. The largest absolute Gasteiger partial charge is 0.384 e. The van der Waals surface area contributed by atoms with Gasteiger partial charge in [0.15, 0.2) is 0 Å². The van der Waals surface area contributed by atoms with Crippen molar-refractivity contribution in [3.05, 3.63) is 34.2 Å². The molecule has 1 amide bonds. The zero-order chi connectivity index (χ0) is 13.8. The normalized spacial score (nSPS) is 12.3. The second-order valence-electron chi connectivity index (χ2n) is 4.62. The molecule has 0 aliphatic heterocycles. The fourth-order valence-electron chi connectivity index (χ4n) is 1.93. The summed E-state index contributed by atoms with van der Waals surface area (Å²) < 4.78 is 1.52. The van der Waals surface area contributed by atoms with E-state index < -0.39 is 0 Å². The molecular weight excluding hydrogens is 260 g/mol. The van der Waals surface area contributed by atoms with Crippen LogP contribution in [-0.4, -0.2) is 21.7 Å². The maximum atomic E-state index is 11.9. The van der Waals surface area contributed by atoms with E-state index in [0.717, 1.165) is 12.1 Å². The van der Waals surface area contributed by atoms with Gasteiger partial charge in [0.25, 0.3) is 0 Å². The van der Waals surface area contributed by atoms with E-state index in [2.05, 4.69) is 16.5 Å². The molecule has 6 heteroatoms. The van der Waals surface area contributed by atoms with Crippen LogP contribution in [0.2, 0.25) is 0 Å². The van der Waals surface area contributed by atoms with E-state index in [1.165, 1.54) is 9.56 Å². The number of anilines is 1. The monoisotopic (exact) mass is 278 g/mol. The first-order valence-electron chi connectivity index (χ1n) is 6.16. The van der Waals surface area contributed by atoms with Crippen LogP contribution in [0.3, 0.4) is 0 Å². The van der Waals surface area contributed by atoms with Gasteiger partial charge in [-0.3, -0.25) is 4.79 Å². The predicted molar refractivity (Wildman–Crippen MR) is 77.0 cm³/mol. The topological polar surface area (TPSA) is 72.9 Å². The number of aromatic nitrogens is 2. The number of aryl methyl sites for hydroxylation is 1. The molecule has 0 fully saturated rings. The number of nitrogens with one attached hydrogen (secondary N) is 1. The minimum Gasteiger partial charge on any atom is -0.384 e. The molecule has 102 valence electrons. The van der Waals surface area contributed by atoms with Gasteiger partial charge in [0.1, 0.15) is 12.4 Å². The highest BCUT2D eigenvalue weighted by molar-refractivity contribution is 7.09. The molecule has 2 rings (SSSR count). The Labute approximate surface area is 116 Å². The molecule has 0 saturated heterocycles. The molecule has 1 unspecified atom stereocenters. The van der Waals surface area contributed by atoms with Crippen molar-refractivity contribution >= 4 is 23.1 Å². The van der Waals surface area contributed by atoms with Crippen molar-refractivity contribution in [1.29, 1.82) is 0 Å². The van der Waals surface area contributed by atoms with E-state index in [1.807, 2.05) is 25.3 Å². The lowest BCUT2D eigenvalue weighted by atomic mass is 10.2. The molecule has 2 aromatic heterocycles. The Hall–Kier alpha value is -1.82. The van der Waals surface area contributed by atoms with Crippen LogP contribution in [0, 0.1) is 6.92 Å². The quantitative estimate of drug-likeness (QED) is 0.872. The Bertz CT molecular complexity index is 547. The summed E-state index contributed by atoms with van der Waals surface area (Å²) in [6, 6.07) is 5.94. The van der Waals surface area contributed by atoms with Gasteiger partial charge in [-0.15, -0.1) is 11.3 Å². The van der Waals surface area contributed by atoms with Gasteiger partial charge in [0, 0.05) is 23.4 Å². The van der Waals surface area contributed by atoms with Gasteiger partial charge >= 0.3 is 0 Å². The number of thiophene rings is 1. The van der Waals surface area contributed by atoms with E-state index in [1.54, 1.807) is 17.4 Å². The second-order valence-corrected chi connectivity index (χ2v) is 5.65. The molecule has 2 aromatic rings. The fraction of sp³-hybridized carbons (Fsp3) is 0.385. The molecule has 3 N–H and O–H groups in total. The third kappa shape index (κ3) is 3.82. The highest BCUT2D eigenvalue weighted by Gasteiger charge is 2.11. The molecule has 0 spiro atoms. The van der Waals surface area contributed by atoms with Gasteiger partial charge in [-0.1, -0.05) is 6.07 Å². The maximum Gasteiger partial charge on any atom is 0.242 e. The molecular formula is C13H18N4OS. The molecule has 5 nitrogen and oxygen atoms in total. The molecule has 0 aliphatic carbocycles. The Balaban J connectivity index is 1.85. The van der Waals surface area contributed by atoms with E-state index in [0.29, 0.717) is 5.82 Å². The molecule has 1 atom stereocenters. The van der Waals surface area contributed by atoms with Crippen molar-refractivity contribution in [3.8, 4) is 0 Å². The lowest BCUT2D eigenvalue weighted by molar-refractivity contribution is -0.122. The van der Waals surface area contributed by atoms with E-state index in [9.17, 15) is 4.79 Å². The van der Waals surface area contributed by atoms with Crippen molar-refractivity contribution in [1.82, 2.24) is 15.1 Å². The maximum absolute atomic E-state index is 11.9. The molecule has 0 aliphatic rings. The first-order chi connectivity index (χ1) is 9.04. The molecule has 0 aromatic carbocycles. The van der Waals surface area contributed by atoms with E-state index >= 15 is 0 Å². The van der Waals surface area contributed by atoms with Gasteiger partial charge in [-0.2, -0.15) is 5.10 Å². The first kappa shape index (κ1) is 13.6. The van der Waals surface area contributed by atoms with Crippen LogP contribution in [0.4, 0.5) is 5.82 Å². The lowest BCUT2D eigenvalue weighted by Gasteiger charge is -2.13. The minimum absolute atomic E-state index is 0.0705. The average molecular weight is 278 g/mol. The number of nitrogens with zero attached hydrogens (tertiary/aromatic N) is 2. The summed E-state index contributed by atoms with van der Waals surface area (Å²) in [6.45, 7) is 4.01. The number of carbonyl (C=O) groups excluding carboxylic acids is 1. The van der Waals surface area contributed by atoms with Crippen LogP contribution in [0.25, 0.3) is 0 Å². The Morgan fingerprint density at radius 1 is 1.63 bits per heavy atom. The smallest absolute Gasteiger partial charge is 0.242 e. The standard InChI is InChI=1S/C13H18N4OS/c1-9(6-11-4-3-5-19-11)15-13(18)8-17-12(14)7-10(2)16-17/h3-5,7,9H,6,8,14H2,1-2H3,(H,15,18).